The number of hydrogen-bond donors (Lipinski definition) is 1. The molecule has 0 aliphatic carbocycles. The van der Waals surface area contributed by atoms with Gasteiger partial charge in [-0.25, -0.2) is 4.98 Å². The fourth-order valence-corrected chi connectivity index (χ4v) is 4.60. The molecule has 0 fully saturated rings. The van der Waals surface area contributed by atoms with Crippen molar-refractivity contribution in [2.45, 2.75) is 24.6 Å². The third kappa shape index (κ3) is 5.84. The molecule has 6 heteroatoms. The molecule has 27 heavy (non-hydrogen) atoms. The summed E-state index contributed by atoms with van der Waals surface area (Å²) < 4.78 is 6.33. The predicted octanol–water partition coefficient (Wildman–Crippen LogP) is 5.17. The Bertz CT molecular complexity index is 877. The van der Waals surface area contributed by atoms with Gasteiger partial charge < -0.3 is 10.1 Å². The molecule has 0 saturated carbocycles. The Labute approximate surface area is 168 Å². The van der Waals surface area contributed by atoms with Crippen LogP contribution in [0.25, 0.3) is 0 Å². The van der Waals surface area contributed by atoms with E-state index < -0.39 is 0 Å². The zero-order valence-corrected chi connectivity index (χ0v) is 17.0. The van der Waals surface area contributed by atoms with Crippen LogP contribution in [0.15, 0.2) is 58.9 Å². The van der Waals surface area contributed by atoms with Crippen LogP contribution in [0.4, 0.5) is 5.69 Å². The molecule has 140 valence electrons. The largest absolute Gasteiger partial charge is 0.494 e. The molecule has 2 aromatic carbocycles. The van der Waals surface area contributed by atoms with Crippen LogP contribution in [0, 0.1) is 6.92 Å². The maximum Gasteiger partial charge on any atom is 0.234 e. The van der Waals surface area contributed by atoms with Crippen LogP contribution in [0.2, 0.25) is 0 Å². The number of thioether (sulfide) groups is 1. The molecule has 0 aliphatic rings. The van der Waals surface area contributed by atoms with Gasteiger partial charge in [0, 0.05) is 17.0 Å². The van der Waals surface area contributed by atoms with Crippen molar-refractivity contribution in [1.29, 1.82) is 0 Å². The number of nitrogens with one attached hydrogen (secondary N) is 1. The number of rotatable bonds is 8. The molecular formula is C21H22N2O2S2. The zero-order valence-electron chi connectivity index (χ0n) is 15.4. The Morgan fingerprint density at radius 3 is 2.59 bits per heavy atom. The molecule has 0 spiro atoms. The van der Waals surface area contributed by atoms with E-state index in [1.165, 1.54) is 22.2 Å². The second-order valence-electron chi connectivity index (χ2n) is 5.94. The molecule has 0 bridgehead atoms. The lowest BCUT2D eigenvalue weighted by Crippen LogP contribution is -2.13. The average molecular weight is 399 g/mol. The number of nitrogens with zero attached hydrogens (tertiary/aromatic N) is 1. The van der Waals surface area contributed by atoms with Crippen LogP contribution in [0.1, 0.15) is 23.1 Å². The van der Waals surface area contributed by atoms with Crippen molar-refractivity contribution in [3.05, 3.63) is 70.7 Å². The zero-order chi connectivity index (χ0) is 19.1. The summed E-state index contributed by atoms with van der Waals surface area (Å²) in [7, 11) is 0. The van der Waals surface area contributed by atoms with E-state index in [9.17, 15) is 4.79 Å². The minimum atomic E-state index is -0.0402. The van der Waals surface area contributed by atoms with E-state index in [1.54, 1.807) is 11.3 Å². The van der Waals surface area contributed by atoms with Gasteiger partial charge in [0.2, 0.25) is 5.91 Å². The molecule has 3 aromatic rings. The molecule has 3 rings (SSSR count). The van der Waals surface area contributed by atoms with E-state index >= 15 is 0 Å². The van der Waals surface area contributed by atoms with Crippen LogP contribution >= 0.6 is 23.1 Å². The lowest BCUT2D eigenvalue weighted by molar-refractivity contribution is -0.113. The highest BCUT2D eigenvalue weighted by Crippen LogP contribution is 2.29. The van der Waals surface area contributed by atoms with Crippen molar-refractivity contribution in [3.8, 4) is 5.75 Å². The van der Waals surface area contributed by atoms with Gasteiger partial charge in [-0.05, 0) is 43.7 Å². The van der Waals surface area contributed by atoms with Crippen molar-refractivity contribution in [3.63, 3.8) is 0 Å². The van der Waals surface area contributed by atoms with E-state index in [4.69, 9.17) is 4.74 Å². The molecule has 1 aromatic heterocycles. The van der Waals surface area contributed by atoms with Crippen molar-refractivity contribution < 1.29 is 9.53 Å². The van der Waals surface area contributed by atoms with Crippen LogP contribution in [0.5, 0.6) is 5.75 Å². The Morgan fingerprint density at radius 2 is 1.89 bits per heavy atom. The number of ether oxygens (including phenoxy) is 1. The SMILES string of the molecule is CCOc1ccc(NC(=O)CSc2nc(C)c(Cc3ccccc3)s2)cc1. The summed E-state index contributed by atoms with van der Waals surface area (Å²) in [6.07, 6.45) is 0.878. The van der Waals surface area contributed by atoms with E-state index in [1.807, 2.05) is 56.3 Å². The molecular weight excluding hydrogens is 376 g/mol. The maximum atomic E-state index is 12.2. The molecule has 1 N–H and O–H groups in total. The molecule has 1 heterocycles. The number of carbonyl (C=O) groups is 1. The first-order valence-electron chi connectivity index (χ1n) is 8.80. The minimum Gasteiger partial charge on any atom is -0.494 e. The molecule has 4 nitrogen and oxygen atoms in total. The van der Waals surface area contributed by atoms with Crippen LogP contribution in [-0.4, -0.2) is 23.3 Å². The second-order valence-corrected chi connectivity index (χ2v) is 8.25. The summed E-state index contributed by atoms with van der Waals surface area (Å²) in [6, 6.07) is 17.8. The fourth-order valence-electron chi connectivity index (χ4n) is 2.53. The number of aromatic nitrogens is 1. The molecule has 0 radical (unpaired) electrons. The van der Waals surface area contributed by atoms with Gasteiger partial charge in [-0.1, -0.05) is 42.1 Å². The molecule has 0 aliphatic heterocycles. The first kappa shape index (κ1) is 19.5. The highest BCUT2D eigenvalue weighted by molar-refractivity contribution is 8.01. The molecule has 0 saturated heterocycles. The molecule has 1 amide bonds. The normalized spacial score (nSPS) is 10.6. The third-order valence-corrected chi connectivity index (χ3v) is 6.16. The number of benzene rings is 2. The predicted molar refractivity (Wildman–Crippen MR) is 113 cm³/mol. The third-order valence-electron chi connectivity index (χ3n) is 3.86. The monoisotopic (exact) mass is 398 g/mol. The Balaban J connectivity index is 1.52. The van der Waals surface area contributed by atoms with Gasteiger partial charge >= 0.3 is 0 Å². The minimum absolute atomic E-state index is 0.0402. The lowest BCUT2D eigenvalue weighted by Gasteiger charge is -2.06. The summed E-state index contributed by atoms with van der Waals surface area (Å²) in [5.74, 6) is 1.10. The van der Waals surface area contributed by atoms with Gasteiger partial charge in [0.05, 0.1) is 18.1 Å². The topological polar surface area (TPSA) is 51.2 Å². The first-order valence-corrected chi connectivity index (χ1v) is 10.6. The quantitative estimate of drug-likeness (QED) is 0.532. The number of carbonyl (C=O) groups excluding carboxylic acids is 1. The highest BCUT2D eigenvalue weighted by atomic mass is 32.2. The summed E-state index contributed by atoms with van der Waals surface area (Å²) in [4.78, 5) is 18.0. The smallest absolute Gasteiger partial charge is 0.234 e. The van der Waals surface area contributed by atoms with Crippen molar-refractivity contribution in [2.75, 3.05) is 17.7 Å². The van der Waals surface area contributed by atoms with Crippen LogP contribution in [0.3, 0.4) is 0 Å². The van der Waals surface area contributed by atoms with Gasteiger partial charge in [0.25, 0.3) is 0 Å². The summed E-state index contributed by atoms with van der Waals surface area (Å²) >= 11 is 3.14. The summed E-state index contributed by atoms with van der Waals surface area (Å²) in [6.45, 7) is 4.60. The standard InChI is InChI=1S/C21H22N2O2S2/c1-3-25-18-11-9-17(10-12-18)23-20(24)14-26-21-22-15(2)19(27-21)13-16-7-5-4-6-8-16/h4-12H,3,13-14H2,1-2H3,(H,23,24). The molecule has 0 atom stereocenters. The number of anilines is 1. The van der Waals surface area contributed by atoms with E-state index in [0.717, 1.165) is 27.9 Å². The Hall–Kier alpha value is -2.31. The van der Waals surface area contributed by atoms with Gasteiger partial charge in [0.15, 0.2) is 4.34 Å². The van der Waals surface area contributed by atoms with Gasteiger partial charge in [-0.2, -0.15) is 0 Å². The van der Waals surface area contributed by atoms with Crippen LogP contribution < -0.4 is 10.1 Å². The maximum absolute atomic E-state index is 12.2. The number of amides is 1. The van der Waals surface area contributed by atoms with E-state index in [2.05, 4.69) is 22.4 Å². The summed E-state index contributed by atoms with van der Waals surface area (Å²) in [5.41, 5.74) is 3.08. The summed E-state index contributed by atoms with van der Waals surface area (Å²) in [5, 5.41) is 2.90. The lowest BCUT2D eigenvalue weighted by atomic mass is 10.1. The Kier molecular flexibility index (Phi) is 6.90. The van der Waals surface area contributed by atoms with Crippen molar-refractivity contribution in [2.24, 2.45) is 0 Å². The number of hydrogen-bond acceptors (Lipinski definition) is 5. The number of thiazole rings is 1. The average Bonchev–Trinajstić information content (AvgIpc) is 3.02. The highest BCUT2D eigenvalue weighted by Gasteiger charge is 2.11. The van der Waals surface area contributed by atoms with Crippen LogP contribution in [-0.2, 0) is 11.2 Å². The van der Waals surface area contributed by atoms with Crippen molar-refractivity contribution >= 4 is 34.7 Å². The first-order chi connectivity index (χ1) is 13.1. The second kappa shape index (κ2) is 9.58. The van der Waals surface area contributed by atoms with Crippen molar-refractivity contribution in [1.82, 2.24) is 4.98 Å². The van der Waals surface area contributed by atoms with E-state index in [0.29, 0.717) is 12.4 Å². The Morgan fingerprint density at radius 1 is 1.15 bits per heavy atom. The molecule has 0 unspecified atom stereocenters. The van der Waals surface area contributed by atoms with Gasteiger partial charge in [0.1, 0.15) is 5.75 Å². The number of aryl methyl sites for hydroxylation is 1. The van der Waals surface area contributed by atoms with E-state index in [-0.39, 0.29) is 5.91 Å². The fraction of sp³-hybridized carbons (Fsp3) is 0.238. The van der Waals surface area contributed by atoms with Gasteiger partial charge in [-0.3, -0.25) is 4.79 Å². The van der Waals surface area contributed by atoms with Gasteiger partial charge in [-0.15, -0.1) is 11.3 Å².